The highest BCUT2D eigenvalue weighted by molar-refractivity contribution is 5.24. The molecule has 6 heteroatoms. The highest BCUT2D eigenvalue weighted by atomic mass is 19.4. The smallest absolute Gasteiger partial charge is 0.290 e. The maximum atomic E-state index is 12.8. The average Bonchev–Trinajstić information content (AvgIpc) is 2.17. The first-order chi connectivity index (χ1) is 7.42. The first-order valence-corrected chi connectivity index (χ1v) is 4.37. The van der Waals surface area contributed by atoms with E-state index >= 15 is 0 Å². The zero-order valence-corrected chi connectivity index (χ0v) is 8.05. The van der Waals surface area contributed by atoms with Gasteiger partial charge in [0.15, 0.2) is 0 Å². The monoisotopic (exact) mass is 232 g/mol. The normalized spacial score (nSPS) is 13.2. The molecule has 0 saturated heterocycles. The lowest BCUT2D eigenvalue weighted by atomic mass is 10.1. The number of nitriles is 1. The minimum Gasteiger partial charge on any atom is -0.290 e. The molecule has 0 aliphatic heterocycles. The topological polar surface area (TPSA) is 35.8 Å². The van der Waals surface area contributed by atoms with Crippen molar-refractivity contribution in [3.63, 3.8) is 0 Å². The van der Waals surface area contributed by atoms with Gasteiger partial charge in [0, 0.05) is 0 Å². The molecule has 1 N–H and O–H groups in total. The standard InChI is InChI=1S/C10H8F4N2/c11-8-3-1-2-7(4-8)9(5-15)16-6-10(12,13)14/h1-4,9,16H,6H2. The Bertz CT molecular complexity index is 395. The van der Waals surface area contributed by atoms with E-state index in [1.54, 1.807) is 6.07 Å². The van der Waals surface area contributed by atoms with Crippen molar-refractivity contribution in [3.05, 3.63) is 35.6 Å². The van der Waals surface area contributed by atoms with Gasteiger partial charge in [-0.3, -0.25) is 5.32 Å². The van der Waals surface area contributed by atoms with E-state index in [1.807, 2.05) is 5.32 Å². The van der Waals surface area contributed by atoms with Gasteiger partial charge < -0.3 is 0 Å². The lowest BCUT2D eigenvalue weighted by Gasteiger charge is -2.13. The van der Waals surface area contributed by atoms with Crippen LogP contribution in [-0.4, -0.2) is 12.7 Å². The van der Waals surface area contributed by atoms with Gasteiger partial charge in [-0.2, -0.15) is 18.4 Å². The highest BCUT2D eigenvalue weighted by Crippen LogP contribution is 2.17. The van der Waals surface area contributed by atoms with E-state index in [-0.39, 0.29) is 5.56 Å². The molecule has 0 spiro atoms. The molecule has 1 aromatic carbocycles. The largest absolute Gasteiger partial charge is 0.401 e. The molecule has 0 saturated carbocycles. The van der Waals surface area contributed by atoms with Crippen molar-refractivity contribution >= 4 is 0 Å². The molecule has 0 fully saturated rings. The summed E-state index contributed by atoms with van der Waals surface area (Å²) in [6.45, 7) is -1.29. The van der Waals surface area contributed by atoms with Gasteiger partial charge in [-0.15, -0.1) is 0 Å². The minimum atomic E-state index is -4.40. The van der Waals surface area contributed by atoms with Gasteiger partial charge in [0.25, 0.3) is 0 Å². The number of rotatable bonds is 3. The van der Waals surface area contributed by atoms with Gasteiger partial charge in [0.1, 0.15) is 11.9 Å². The summed E-state index contributed by atoms with van der Waals surface area (Å²) in [6, 6.07) is 5.38. The predicted octanol–water partition coefficient (Wildman–Crippen LogP) is 2.54. The molecule has 1 aromatic rings. The van der Waals surface area contributed by atoms with Crippen LogP contribution in [0, 0.1) is 17.1 Å². The van der Waals surface area contributed by atoms with Crippen molar-refractivity contribution in [3.8, 4) is 6.07 Å². The second-order valence-electron chi connectivity index (χ2n) is 3.11. The van der Waals surface area contributed by atoms with Crippen LogP contribution in [0.5, 0.6) is 0 Å². The number of halogens is 4. The van der Waals surface area contributed by atoms with E-state index in [4.69, 9.17) is 5.26 Å². The predicted molar refractivity (Wildman–Crippen MR) is 48.8 cm³/mol. The Labute approximate surface area is 89.5 Å². The molecule has 0 bridgehead atoms. The number of nitrogens with zero attached hydrogens (tertiary/aromatic N) is 1. The maximum Gasteiger partial charge on any atom is 0.401 e. The summed E-state index contributed by atoms with van der Waals surface area (Å²) in [4.78, 5) is 0. The fraction of sp³-hybridized carbons (Fsp3) is 0.300. The third kappa shape index (κ3) is 3.87. The lowest BCUT2D eigenvalue weighted by Crippen LogP contribution is -2.31. The molecule has 2 nitrogen and oxygen atoms in total. The molecule has 86 valence electrons. The molecule has 1 rings (SSSR count). The Morgan fingerprint density at radius 2 is 2.06 bits per heavy atom. The van der Waals surface area contributed by atoms with E-state index in [2.05, 4.69) is 0 Å². The van der Waals surface area contributed by atoms with Crippen molar-refractivity contribution in [1.29, 1.82) is 5.26 Å². The summed E-state index contributed by atoms with van der Waals surface area (Å²) in [5.74, 6) is -0.591. The van der Waals surface area contributed by atoms with Crippen LogP contribution in [0.2, 0.25) is 0 Å². The van der Waals surface area contributed by atoms with Crippen LogP contribution in [0.3, 0.4) is 0 Å². The highest BCUT2D eigenvalue weighted by Gasteiger charge is 2.28. The summed E-state index contributed by atoms with van der Waals surface area (Å²) in [6.07, 6.45) is -4.40. The Hall–Kier alpha value is -1.61. The number of alkyl halides is 3. The third-order valence-corrected chi connectivity index (χ3v) is 1.82. The molecule has 16 heavy (non-hydrogen) atoms. The second kappa shape index (κ2) is 4.94. The van der Waals surface area contributed by atoms with Gasteiger partial charge in [-0.1, -0.05) is 12.1 Å². The van der Waals surface area contributed by atoms with Crippen molar-refractivity contribution in [2.75, 3.05) is 6.54 Å². The molecule has 0 aliphatic carbocycles. The summed E-state index contributed by atoms with van der Waals surface area (Å²) in [5, 5.41) is 10.7. The van der Waals surface area contributed by atoms with E-state index in [9.17, 15) is 17.6 Å². The van der Waals surface area contributed by atoms with Crippen molar-refractivity contribution in [1.82, 2.24) is 5.32 Å². The fourth-order valence-electron chi connectivity index (χ4n) is 1.14. The summed E-state index contributed by atoms with van der Waals surface area (Å²) >= 11 is 0. The van der Waals surface area contributed by atoms with Crippen LogP contribution in [0.25, 0.3) is 0 Å². The summed E-state index contributed by atoms with van der Waals surface area (Å²) < 4.78 is 48.5. The van der Waals surface area contributed by atoms with Gasteiger partial charge >= 0.3 is 6.18 Å². The first-order valence-electron chi connectivity index (χ1n) is 4.37. The Morgan fingerprint density at radius 1 is 1.38 bits per heavy atom. The van der Waals surface area contributed by atoms with Crippen LogP contribution in [0.15, 0.2) is 24.3 Å². The van der Waals surface area contributed by atoms with Crippen molar-refractivity contribution in [2.45, 2.75) is 12.2 Å². The Morgan fingerprint density at radius 3 is 2.56 bits per heavy atom. The summed E-state index contributed by atoms with van der Waals surface area (Å²) in [5.41, 5.74) is 0.173. The average molecular weight is 232 g/mol. The first kappa shape index (κ1) is 12.5. The quantitative estimate of drug-likeness (QED) is 0.813. The summed E-state index contributed by atoms with van der Waals surface area (Å²) in [7, 11) is 0. The molecule has 0 heterocycles. The lowest BCUT2D eigenvalue weighted by molar-refractivity contribution is -0.125. The van der Waals surface area contributed by atoms with Crippen LogP contribution in [0.1, 0.15) is 11.6 Å². The van der Waals surface area contributed by atoms with E-state index in [0.29, 0.717) is 0 Å². The number of hydrogen-bond donors (Lipinski definition) is 1. The van der Waals surface area contributed by atoms with Gasteiger partial charge in [-0.25, -0.2) is 4.39 Å². The molecule has 0 aromatic heterocycles. The van der Waals surface area contributed by atoms with E-state index in [0.717, 1.165) is 12.1 Å². The molecule has 0 aliphatic rings. The van der Waals surface area contributed by atoms with E-state index in [1.165, 1.54) is 12.1 Å². The zero-order valence-electron chi connectivity index (χ0n) is 8.05. The molecule has 0 amide bonds. The minimum absolute atomic E-state index is 0.173. The SMILES string of the molecule is N#CC(NCC(F)(F)F)c1cccc(F)c1. The number of nitrogens with one attached hydrogen (secondary N) is 1. The van der Waals surface area contributed by atoms with Crippen molar-refractivity contribution < 1.29 is 17.6 Å². The number of benzene rings is 1. The van der Waals surface area contributed by atoms with Crippen LogP contribution in [-0.2, 0) is 0 Å². The van der Waals surface area contributed by atoms with Crippen LogP contribution >= 0.6 is 0 Å². The molecule has 1 unspecified atom stereocenters. The van der Waals surface area contributed by atoms with E-state index < -0.39 is 24.6 Å². The van der Waals surface area contributed by atoms with Crippen LogP contribution in [0.4, 0.5) is 17.6 Å². The zero-order chi connectivity index (χ0) is 12.2. The molecular formula is C10H8F4N2. The second-order valence-corrected chi connectivity index (χ2v) is 3.11. The van der Waals surface area contributed by atoms with Gasteiger partial charge in [0.2, 0.25) is 0 Å². The molecule has 1 atom stereocenters. The fourth-order valence-corrected chi connectivity index (χ4v) is 1.14. The third-order valence-electron chi connectivity index (χ3n) is 1.82. The molecular weight excluding hydrogens is 224 g/mol. The molecule has 0 radical (unpaired) electrons. The Kier molecular flexibility index (Phi) is 3.85. The maximum absolute atomic E-state index is 12.8. The van der Waals surface area contributed by atoms with Crippen molar-refractivity contribution in [2.24, 2.45) is 0 Å². The number of hydrogen-bond acceptors (Lipinski definition) is 2. The van der Waals surface area contributed by atoms with Gasteiger partial charge in [-0.05, 0) is 17.7 Å². The Balaban J connectivity index is 2.73. The van der Waals surface area contributed by atoms with Gasteiger partial charge in [0.05, 0.1) is 12.6 Å². The van der Waals surface area contributed by atoms with Crippen LogP contribution < -0.4 is 5.32 Å².